The zero-order valence-corrected chi connectivity index (χ0v) is 16.2. The quantitative estimate of drug-likeness (QED) is 0.740. The minimum atomic E-state index is 0.109. The van der Waals surface area contributed by atoms with E-state index in [2.05, 4.69) is 54.8 Å². The van der Waals surface area contributed by atoms with Crippen LogP contribution < -0.4 is 9.80 Å². The Labute approximate surface area is 161 Å². The van der Waals surface area contributed by atoms with Gasteiger partial charge in [0.2, 0.25) is 5.91 Å². The van der Waals surface area contributed by atoms with E-state index in [4.69, 9.17) is 0 Å². The molecule has 1 aromatic carbocycles. The summed E-state index contributed by atoms with van der Waals surface area (Å²) in [5.41, 5.74) is 9.01. The molecule has 0 N–H and O–H groups in total. The van der Waals surface area contributed by atoms with Gasteiger partial charge in [-0.3, -0.25) is 4.79 Å². The largest absolute Gasteiger partial charge is 0.342 e. The third-order valence-electron chi connectivity index (χ3n) is 6.32. The summed E-state index contributed by atoms with van der Waals surface area (Å²) in [5, 5.41) is 0. The van der Waals surface area contributed by atoms with Crippen molar-refractivity contribution in [1.29, 1.82) is 0 Å². The monoisotopic (exact) mass is 358 g/mol. The summed E-state index contributed by atoms with van der Waals surface area (Å²) in [4.78, 5) is 16.7. The van der Waals surface area contributed by atoms with Crippen molar-refractivity contribution in [2.45, 2.75) is 45.6 Å². The minimum Gasteiger partial charge on any atom is -0.342 e. The summed E-state index contributed by atoms with van der Waals surface area (Å²) in [6.07, 6.45) is 11.3. The Balaban J connectivity index is 1.61. The second kappa shape index (κ2) is 5.98. The lowest BCUT2D eigenvalue weighted by molar-refractivity contribution is -0.117. The Bertz CT molecular complexity index is 935. The van der Waals surface area contributed by atoms with Crippen molar-refractivity contribution in [2.75, 3.05) is 16.3 Å². The molecule has 0 spiro atoms. The van der Waals surface area contributed by atoms with Gasteiger partial charge in [0.25, 0.3) is 0 Å². The maximum Gasteiger partial charge on any atom is 0.224 e. The minimum absolute atomic E-state index is 0.109. The molecule has 1 aromatic rings. The highest BCUT2D eigenvalue weighted by molar-refractivity contribution is 5.98. The summed E-state index contributed by atoms with van der Waals surface area (Å²) in [7, 11) is 0. The molecule has 1 atom stereocenters. The Kier molecular flexibility index (Phi) is 3.68. The molecular weight excluding hydrogens is 332 g/mol. The number of rotatable bonds is 3. The Morgan fingerprint density at radius 2 is 1.96 bits per heavy atom. The van der Waals surface area contributed by atoms with Crippen LogP contribution in [0.25, 0.3) is 5.57 Å². The van der Waals surface area contributed by atoms with Crippen LogP contribution in [0.15, 0.2) is 59.8 Å². The highest BCUT2D eigenvalue weighted by atomic mass is 16.2. The predicted molar refractivity (Wildman–Crippen MR) is 112 cm³/mol. The molecule has 2 fully saturated rings. The number of nitrogens with zero attached hydrogens (tertiary/aromatic N) is 2. The van der Waals surface area contributed by atoms with Gasteiger partial charge in [0.15, 0.2) is 0 Å². The van der Waals surface area contributed by atoms with Crippen LogP contribution in [0.4, 0.5) is 11.4 Å². The van der Waals surface area contributed by atoms with E-state index in [1.165, 1.54) is 40.8 Å². The predicted octanol–water partition coefficient (Wildman–Crippen LogP) is 5.22. The van der Waals surface area contributed by atoms with Gasteiger partial charge < -0.3 is 9.80 Å². The van der Waals surface area contributed by atoms with Crippen LogP contribution in [-0.2, 0) is 4.79 Å². The molecule has 1 aliphatic heterocycles. The summed E-state index contributed by atoms with van der Waals surface area (Å²) in [6.45, 7) is 9.03. The van der Waals surface area contributed by atoms with Crippen LogP contribution in [0, 0.1) is 5.92 Å². The fourth-order valence-electron chi connectivity index (χ4n) is 4.68. The fourth-order valence-corrected chi connectivity index (χ4v) is 4.68. The molecular formula is C24H26N2O. The lowest BCUT2D eigenvalue weighted by atomic mass is 9.82. The topological polar surface area (TPSA) is 23.6 Å². The normalized spacial score (nSPS) is 23.5. The molecule has 138 valence electrons. The average molecular weight is 358 g/mol. The van der Waals surface area contributed by atoms with Crippen LogP contribution in [0.3, 0.4) is 0 Å². The first-order valence-electron chi connectivity index (χ1n) is 10.0. The van der Waals surface area contributed by atoms with Crippen LogP contribution >= 0.6 is 0 Å². The van der Waals surface area contributed by atoms with E-state index in [1.807, 2.05) is 4.90 Å². The molecule has 1 heterocycles. The van der Waals surface area contributed by atoms with Gasteiger partial charge in [-0.15, -0.1) is 0 Å². The average Bonchev–Trinajstić information content (AvgIpc) is 3.45. The van der Waals surface area contributed by atoms with Crippen molar-refractivity contribution in [3.8, 4) is 0 Å². The van der Waals surface area contributed by atoms with Gasteiger partial charge in [-0.05, 0) is 61.8 Å². The summed E-state index contributed by atoms with van der Waals surface area (Å²) >= 11 is 0. The zero-order valence-electron chi connectivity index (χ0n) is 16.2. The van der Waals surface area contributed by atoms with Crippen LogP contribution in [0.1, 0.15) is 45.1 Å². The highest BCUT2D eigenvalue weighted by Gasteiger charge is 2.36. The Morgan fingerprint density at radius 3 is 2.67 bits per heavy atom. The molecule has 2 saturated carbocycles. The van der Waals surface area contributed by atoms with Gasteiger partial charge in [0.1, 0.15) is 0 Å². The molecule has 5 aliphatic rings. The molecule has 1 amide bonds. The lowest BCUT2D eigenvalue weighted by Gasteiger charge is -2.43. The fraction of sp³-hybridized carbons (Fsp3) is 0.375. The summed E-state index contributed by atoms with van der Waals surface area (Å²) < 4.78 is 0. The van der Waals surface area contributed by atoms with Crippen molar-refractivity contribution in [3.63, 3.8) is 0 Å². The van der Waals surface area contributed by atoms with Crippen molar-refractivity contribution in [2.24, 2.45) is 5.92 Å². The Hall–Kier alpha value is -2.55. The smallest absolute Gasteiger partial charge is 0.224 e. The SMILES string of the molecule is C=C(C1CC1)N1CC(C)N(C(C)=O)c2ccc(C3=C4CC(=CC=C3)C4)cc21. The number of fused-ring (bicyclic) bond motifs is 3. The van der Waals surface area contributed by atoms with Gasteiger partial charge >= 0.3 is 0 Å². The van der Waals surface area contributed by atoms with Crippen molar-refractivity contribution in [1.82, 2.24) is 0 Å². The van der Waals surface area contributed by atoms with E-state index in [0.717, 1.165) is 30.8 Å². The maximum atomic E-state index is 12.3. The van der Waals surface area contributed by atoms with E-state index in [-0.39, 0.29) is 11.9 Å². The van der Waals surface area contributed by atoms with E-state index in [0.29, 0.717) is 5.92 Å². The third-order valence-corrected chi connectivity index (χ3v) is 6.32. The number of carbonyl (C=O) groups is 1. The number of allylic oxidation sites excluding steroid dienone is 7. The molecule has 3 nitrogen and oxygen atoms in total. The summed E-state index contributed by atoms with van der Waals surface area (Å²) in [6, 6.07) is 6.74. The molecule has 27 heavy (non-hydrogen) atoms. The first-order valence-corrected chi connectivity index (χ1v) is 10.0. The van der Waals surface area contributed by atoms with Crippen molar-refractivity contribution in [3.05, 3.63) is 65.4 Å². The third kappa shape index (κ3) is 2.68. The molecule has 2 bridgehead atoms. The van der Waals surface area contributed by atoms with E-state index >= 15 is 0 Å². The standard InChI is InChI=1S/C24H26N2O/c1-15-14-25(16(2)19-7-8-19)24-13-20(9-10-23(24)26(15)17(3)27)22-6-4-5-18-11-21(22)12-18/h4-6,9-10,13,15,19H,2,7-8,11-12,14H2,1,3H3. The van der Waals surface area contributed by atoms with Gasteiger partial charge in [0.05, 0.1) is 17.4 Å². The molecule has 4 aliphatic carbocycles. The number of carbonyl (C=O) groups excluding carboxylic acids is 1. The Morgan fingerprint density at radius 1 is 1.19 bits per heavy atom. The molecule has 0 radical (unpaired) electrons. The van der Waals surface area contributed by atoms with Gasteiger partial charge in [-0.1, -0.05) is 42.0 Å². The molecule has 6 rings (SSSR count). The summed E-state index contributed by atoms with van der Waals surface area (Å²) in [5.74, 6) is 0.716. The van der Waals surface area contributed by atoms with Crippen LogP contribution in [0.2, 0.25) is 0 Å². The highest BCUT2D eigenvalue weighted by Crippen LogP contribution is 2.46. The molecule has 3 heteroatoms. The van der Waals surface area contributed by atoms with Gasteiger partial charge in [0, 0.05) is 19.2 Å². The second-order valence-corrected chi connectivity index (χ2v) is 8.37. The van der Waals surface area contributed by atoms with Crippen molar-refractivity contribution < 1.29 is 4.79 Å². The number of hydrogen-bond acceptors (Lipinski definition) is 2. The molecule has 0 saturated heterocycles. The second-order valence-electron chi connectivity index (χ2n) is 8.37. The van der Waals surface area contributed by atoms with Crippen LogP contribution in [0.5, 0.6) is 0 Å². The number of benzene rings is 1. The number of amides is 1. The van der Waals surface area contributed by atoms with Gasteiger partial charge in [-0.2, -0.15) is 0 Å². The van der Waals surface area contributed by atoms with E-state index in [1.54, 1.807) is 6.92 Å². The van der Waals surface area contributed by atoms with E-state index in [9.17, 15) is 4.79 Å². The maximum absolute atomic E-state index is 12.3. The van der Waals surface area contributed by atoms with Gasteiger partial charge in [-0.25, -0.2) is 0 Å². The first kappa shape index (κ1) is 16.6. The first-order chi connectivity index (χ1) is 13.0. The molecule has 1 unspecified atom stereocenters. The van der Waals surface area contributed by atoms with E-state index < -0.39 is 0 Å². The van der Waals surface area contributed by atoms with Crippen LogP contribution in [-0.4, -0.2) is 18.5 Å². The number of hydrogen-bond donors (Lipinski definition) is 0. The number of anilines is 2. The zero-order chi connectivity index (χ0) is 18.7. The van der Waals surface area contributed by atoms with Crippen molar-refractivity contribution >= 4 is 22.9 Å². The lowest BCUT2D eigenvalue weighted by Crippen LogP contribution is -2.49. The molecule has 0 aromatic heterocycles.